The quantitative estimate of drug-likeness (QED) is 0.0374. The molecule has 0 amide bonds. The molecule has 15 aromatic rings. The SMILES string of the molecule is CCOc1nc2cc(F)cc(OC=O)c2n1Cc1ccc(-c2ccc(F)cc2-c2nn[nH]n2)cc1.CCOc1nc2cc(F)cc(OC=O)c2n1Cc1ccc(-c2ccccc2-c2nn[nH]n2)cc1.CCOc1nc2cccc(OC=O)c2n1Cc1ccc(-c2ccc(F)cc2-c2nn[nH]n2)cc1. The summed E-state index contributed by atoms with van der Waals surface area (Å²) in [6.45, 7) is 8.72. The van der Waals surface area contributed by atoms with Crippen LogP contribution in [0.4, 0.5) is 17.6 Å². The summed E-state index contributed by atoms with van der Waals surface area (Å²) in [7, 11) is 0. The van der Waals surface area contributed by atoms with Crippen molar-refractivity contribution in [2.45, 2.75) is 40.4 Å². The first-order valence-electron chi connectivity index (χ1n) is 31.7. The molecule has 0 aliphatic rings. The number of aromatic nitrogens is 18. The van der Waals surface area contributed by atoms with Crippen LogP contribution in [-0.4, -0.2) is 130 Å². The Bertz CT molecular complexity index is 5470. The van der Waals surface area contributed by atoms with Gasteiger partial charge in [0.15, 0.2) is 17.2 Å². The third-order valence-corrected chi connectivity index (χ3v) is 16.0. The van der Waals surface area contributed by atoms with Gasteiger partial charge in [0.1, 0.15) is 39.8 Å². The lowest BCUT2D eigenvalue weighted by Crippen LogP contribution is -2.06. The fourth-order valence-corrected chi connectivity index (χ4v) is 11.7. The van der Waals surface area contributed by atoms with Gasteiger partial charge in [-0.15, -0.1) is 30.6 Å². The predicted octanol–water partition coefficient (Wildman–Crippen LogP) is 12.2. The summed E-state index contributed by atoms with van der Waals surface area (Å²) >= 11 is 0. The number of ether oxygens (including phenoxy) is 6. The van der Waals surface area contributed by atoms with Crippen molar-refractivity contribution in [3.05, 3.63) is 216 Å². The average molecular weight is 1390 g/mol. The second-order valence-electron chi connectivity index (χ2n) is 22.3. The molecule has 0 saturated carbocycles. The Labute approximate surface area is 580 Å². The zero-order valence-corrected chi connectivity index (χ0v) is 54.6. The van der Waals surface area contributed by atoms with E-state index < -0.39 is 17.5 Å². The van der Waals surface area contributed by atoms with Gasteiger partial charge in [0.25, 0.3) is 37.4 Å². The molecular weight excluding hydrogens is 1340 g/mol. The molecule has 103 heavy (non-hydrogen) atoms. The number of fused-ring (bicyclic) bond motifs is 3. The van der Waals surface area contributed by atoms with E-state index in [1.807, 2.05) is 128 Å². The van der Waals surface area contributed by atoms with Gasteiger partial charge in [0.2, 0.25) is 17.5 Å². The molecule has 9 aromatic carbocycles. The number of imidazole rings is 3. The van der Waals surface area contributed by atoms with Crippen molar-refractivity contribution in [2.24, 2.45) is 0 Å². The number of aromatic amines is 3. The summed E-state index contributed by atoms with van der Waals surface area (Å²) in [5.41, 5.74) is 12.7. The molecule has 15 rings (SSSR count). The maximum atomic E-state index is 14.0. The van der Waals surface area contributed by atoms with E-state index >= 15 is 0 Å². The minimum absolute atomic E-state index is 0.0427. The third kappa shape index (κ3) is 14.8. The van der Waals surface area contributed by atoms with E-state index in [1.54, 1.807) is 33.4 Å². The van der Waals surface area contributed by atoms with Crippen LogP contribution in [0.1, 0.15) is 37.5 Å². The average Bonchev–Trinajstić information content (AvgIpc) is 1.62. The number of benzene rings is 9. The molecule has 516 valence electrons. The van der Waals surface area contributed by atoms with Gasteiger partial charge in [0, 0.05) is 41.0 Å². The van der Waals surface area contributed by atoms with Gasteiger partial charge in [-0.3, -0.25) is 28.1 Å². The van der Waals surface area contributed by atoms with Crippen LogP contribution in [0, 0.1) is 23.3 Å². The monoisotopic (exact) mass is 1390 g/mol. The highest BCUT2D eigenvalue weighted by Crippen LogP contribution is 2.38. The topological polar surface area (TPSA) is 323 Å². The minimum atomic E-state index is -0.580. The van der Waals surface area contributed by atoms with Crippen LogP contribution in [0.25, 0.3) is 101 Å². The number of para-hydroxylation sites is 1. The Morgan fingerprint density at radius 1 is 0.359 bits per heavy atom. The number of carbonyl (C=O) groups is 3. The molecule has 0 aliphatic carbocycles. The first-order valence-corrected chi connectivity index (χ1v) is 31.7. The number of nitrogens with one attached hydrogen (secondary N) is 3. The smallest absolute Gasteiger partial charge is 0.298 e. The number of H-pyrrole nitrogens is 3. The number of halogens is 4. The zero-order chi connectivity index (χ0) is 71.3. The zero-order valence-electron chi connectivity index (χ0n) is 54.6. The Morgan fingerprint density at radius 2 is 0.718 bits per heavy atom. The van der Waals surface area contributed by atoms with Crippen molar-refractivity contribution in [1.82, 2.24) is 90.5 Å². The van der Waals surface area contributed by atoms with Crippen LogP contribution in [0.5, 0.6) is 35.3 Å². The molecular formula is C72H56F4N18O9. The van der Waals surface area contributed by atoms with Crippen molar-refractivity contribution < 1.29 is 60.4 Å². The van der Waals surface area contributed by atoms with E-state index in [0.717, 1.165) is 67.8 Å². The van der Waals surface area contributed by atoms with E-state index in [0.29, 0.717) is 120 Å². The fraction of sp³-hybridized carbons (Fsp3) is 0.125. The van der Waals surface area contributed by atoms with E-state index in [1.165, 1.54) is 36.4 Å². The molecule has 6 aromatic heterocycles. The van der Waals surface area contributed by atoms with E-state index in [9.17, 15) is 31.9 Å². The molecule has 0 unspecified atom stereocenters. The number of hydrogen-bond acceptors (Lipinski definition) is 21. The lowest BCUT2D eigenvalue weighted by molar-refractivity contribution is -0.121. The summed E-state index contributed by atoms with van der Waals surface area (Å²) in [6, 6.07) is 51.1. The van der Waals surface area contributed by atoms with Crippen LogP contribution in [0.15, 0.2) is 176 Å². The second-order valence-corrected chi connectivity index (χ2v) is 22.3. The Hall–Kier alpha value is -13.9. The molecule has 0 saturated heterocycles. The highest BCUT2D eigenvalue weighted by molar-refractivity contribution is 5.88. The molecule has 0 bridgehead atoms. The van der Waals surface area contributed by atoms with E-state index in [2.05, 4.69) is 76.8 Å². The molecule has 0 radical (unpaired) electrons. The Morgan fingerprint density at radius 3 is 1.10 bits per heavy atom. The standard InChI is InChI=1S/C24H18F2N6O3.2C24H19FN6O3/c1-2-34-24-27-20-10-17(26)11-21(35-13-33)22(20)32(24)12-14-3-5-15(6-4-14)18-8-7-16(25)9-19(18)23-28-30-31-29-23;1-2-33-24-26-20-4-3-5-21(34-14-32)22(20)31(24)13-15-6-8-16(9-7-15)18-11-10-17(25)12-19(18)23-27-29-30-28-23;1-2-33-24-26-20-11-17(25)12-21(34-14-32)22(20)31(24)13-15-7-9-16(10-8-15)18-5-3-4-6-19(18)23-27-29-30-28-23/h3-11,13H,2,12H2,1H3,(H,28,29,30,31);2*3-12,14H,2,13H2,1H3,(H,27,28,29,30). The molecule has 0 atom stereocenters. The molecule has 0 fully saturated rings. The fourth-order valence-electron chi connectivity index (χ4n) is 11.7. The number of nitrogens with zero attached hydrogens (tertiary/aromatic N) is 15. The Kier molecular flexibility index (Phi) is 20.3. The van der Waals surface area contributed by atoms with Crippen molar-refractivity contribution in [3.8, 4) is 103 Å². The summed E-state index contributed by atoms with van der Waals surface area (Å²) < 4.78 is 93.5. The second kappa shape index (κ2) is 30.9. The Balaban J connectivity index is 0.000000138. The van der Waals surface area contributed by atoms with Crippen molar-refractivity contribution >= 4 is 52.5 Å². The minimum Gasteiger partial charge on any atom is -0.465 e. The summed E-state index contributed by atoms with van der Waals surface area (Å²) in [5.74, 6) is -0.300. The number of hydrogen-bond donors (Lipinski definition) is 3. The van der Waals surface area contributed by atoms with Crippen molar-refractivity contribution in [3.63, 3.8) is 0 Å². The van der Waals surface area contributed by atoms with Crippen LogP contribution in [-0.2, 0) is 34.0 Å². The van der Waals surface area contributed by atoms with E-state index in [4.69, 9.17) is 28.4 Å². The molecule has 0 aliphatic heterocycles. The van der Waals surface area contributed by atoms with Crippen LogP contribution < -0.4 is 28.4 Å². The molecule has 0 spiro atoms. The third-order valence-electron chi connectivity index (χ3n) is 16.0. The van der Waals surface area contributed by atoms with Gasteiger partial charge in [-0.25, -0.2) is 17.6 Å². The highest BCUT2D eigenvalue weighted by Gasteiger charge is 2.23. The largest absolute Gasteiger partial charge is 0.465 e. The molecule has 6 heterocycles. The first kappa shape index (κ1) is 67.7. The maximum Gasteiger partial charge on any atom is 0.298 e. The van der Waals surface area contributed by atoms with Gasteiger partial charge < -0.3 is 28.4 Å². The molecule has 31 heteroatoms. The van der Waals surface area contributed by atoms with Gasteiger partial charge in [0.05, 0.1) is 56.0 Å². The lowest BCUT2D eigenvalue weighted by Gasteiger charge is -2.12. The number of tetrazole rings is 3. The first-order chi connectivity index (χ1) is 50.4. The van der Waals surface area contributed by atoms with Crippen molar-refractivity contribution in [2.75, 3.05) is 19.8 Å². The number of rotatable bonds is 24. The van der Waals surface area contributed by atoms with Gasteiger partial charge in [-0.1, -0.05) is 115 Å². The predicted molar refractivity (Wildman–Crippen MR) is 365 cm³/mol. The van der Waals surface area contributed by atoms with Gasteiger partial charge in [-0.2, -0.15) is 30.6 Å². The lowest BCUT2D eigenvalue weighted by atomic mass is 9.98. The molecule has 27 nitrogen and oxygen atoms in total. The van der Waals surface area contributed by atoms with Crippen LogP contribution in [0.3, 0.4) is 0 Å². The number of carbonyl (C=O) groups excluding carboxylic acids is 3. The summed E-state index contributed by atoms with van der Waals surface area (Å²) in [5, 5.41) is 42.1. The maximum absolute atomic E-state index is 14.0. The van der Waals surface area contributed by atoms with Gasteiger partial charge >= 0.3 is 0 Å². The van der Waals surface area contributed by atoms with E-state index in [-0.39, 0.29) is 42.1 Å². The molecule has 3 N–H and O–H groups in total. The normalized spacial score (nSPS) is 11.0. The summed E-state index contributed by atoms with van der Waals surface area (Å²) in [6.07, 6.45) is 0. The summed E-state index contributed by atoms with van der Waals surface area (Å²) in [4.78, 5) is 46.3. The van der Waals surface area contributed by atoms with Crippen LogP contribution in [0.2, 0.25) is 0 Å². The highest BCUT2D eigenvalue weighted by atomic mass is 19.1. The van der Waals surface area contributed by atoms with Crippen LogP contribution >= 0.6 is 0 Å². The van der Waals surface area contributed by atoms with Crippen molar-refractivity contribution in [1.29, 1.82) is 0 Å². The van der Waals surface area contributed by atoms with Gasteiger partial charge in [-0.05, 0) is 123 Å².